The average molecular weight is 299 g/mol. The summed E-state index contributed by atoms with van der Waals surface area (Å²) in [4.78, 5) is 0. The standard InChI is InChI=1S/C19H25NO2/c1-14-4-5-15(2)19(16(14)3)22-13-12-21-18-8-6-17(7-9-18)10-11-20/h4-9H,10-13,20H2,1-3H3. The van der Waals surface area contributed by atoms with Gasteiger partial charge in [-0.1, -0.05) is 24.3 Å². The van der Waals surface area contributed by atoms with Gasteiger partial charge in [0.2, 0.25) is 0 Å². The smallest absolute Gasteiger partial charge is 0.125 e. The summed E-state index contributed by atoms with van der Waals surface area (Å²) in [6, 6.07) is 12.3. The third-order valence-corrected chi connectivity index (χ3v) is 3.83. The molecule has 2 aromatic carbocycles. The first-order chi connectivity index (χ1) is 10.6. The number of ether oxygens (including phenoxy) is 2. The molecule has 0 atom stereocenters. The summed E-state index contributed by atoms with van der Waals surface area (Å²) in [5.41, 5.74) is 10.4. The van der Waals surface area contributed by atoms with E-state index in [0.717, 1.165) is 23.5 Å². The van der Waals surface area contributed by atoms with Crippen LogP contribution in [0.4, 0.5) is 0 Å². The number of nitrogens with two attached hydrogens (primary N) is 1. The first-order valence-electron chi connectivity index (χ1n) is 7.73. The van der Waals surface area contributed by atoms with E-state index in [1.54, 1.807) is 0 Å². The second-order valence-electron chi connectivity index (χ2n) is 5.53. The summed E-state index contributed by atoms with van der Waals surface area (Å²) in [5, 5.41) is 0. The molecule has 2 rings (SSSR count). The molecule has 0 amide bonds. The van der Waals surface area contributed by atoms with E-state index in [1.807, 2.05) is 12.1 Å². The molecule has 118 valence electrons. The topological polar surface area (TPSA) is 44.5 Å². The van der Waals surface area contributed by atoms with Crippen LogP contribution in [0.2, 0.25) is 0 Å². The molecule has 3 heteroatoms. The van der Waals surface area contributed by atoms with Gasteiger partial charge >= 0.3 is 0 Å². The highest BCUT2D eigenvalue weighted by Crippen LogP contribution is 2.25. The van der Waals surface area contributed by atoms with E-state index >= 15 is 0 Å². The molecule has 0 aromatic heterocycles. The highest BCUT2D eigenvalue weighted by Gasteiger charge is 2.06. The Hall–Kier alpha value is -2.00. The Balaban J connectivity index is 1.83. The minimum Gasteiger partial charge on any atom is -0.490 e. The first kappa shape index (κ1) is 16.4. The molecule has 0 fully saturated rings. The van der Waals surface area contributed by atoms with E-state index in [4.69, 9.17) is 15.2 Å². The van der Waals surface area contributed by atoms with Crippen molar-refractivity contribution in [2.75, 3.05) is 19.8 Å². The molecule has 0 aliphatic rings. The van der Waals surface area contributed by atoms with E-state index in [-0.39, 0.29) is 0 Å². The van der Waals surface area contributed by atoms with Gasteiger partial charge in [0.05, 0.1) is 0 Å². The van der Waals surface area contributed by atoms with E-state index in [9.17, 15) is 0 Å². The molecule has 0 radical (unpaired) electrons. The van der Waals surface area contributed by atoms with Crippen molar-refractivity contribution in [2.24, 2.45) is 5.73 Å². The summed E-state index contributed by atoms with van der Waals surface area (Å²) in [5.74, 6) is 1.84. The predicted molar refractivity (Wildman–Crippen MR) is 90.8 cm³/mol. The van der Waals surface area contributed by atoms with Crippen molar-refractivity contribution in [3.63, 3.8) is 0 Å². The molecule has 0 saturated carbocycles. The molecule has 0 aliphatic heterocycles. The second-order valence-corrected chi connectivity index (χ2v) is 5.53. The molecule has 0 saturated heterocycles. The van der Waals surface area contributed by atoms with Crippen LogP contribution in [0, 0.1) is 20.8 Å². The van der Waals surface area contributed by atoms with E-state index < -0.39 is 0 Å². The molecule has 3 nitrogen and oxygen atoms in total. The van der Waals surface area contributed by atoms with Crippen molar-refractivity contribution in [1.82, 2.24) is 0 Å². The SMILES string of the molecule is Cc1ccc(C)c(OCCOc2ccc(CCN)cc2)c1C. The lowest BCUT2D eigenvalue weighted by atomic mass is 10.1. The minimum absolute atomic E-state index is 0.531. The molecule has 0 aliphatic carbocycles. The number of benzene rings is 2. The fourth-order valence-electron chi connectivity index (χ4n) is 2.37. The van der Waals surface area contributed by atoms with Gasteiger partial charge < -0.3 is 15.2 Å². The largest absolute Gasteiger partial charge is 0.490 e. The zero-order valence-electron chi connectivity index (χ0n) is 13.7. The Labute approximate surface area is 133 Å². The van der Waals surface area contributed by atoms with Crippen LogP contribution < -0.4 is 15.2 Å². The molecule has 0 spiro atoms. The minimum atomic E-state index is 0.531. The summed E-state index contributed by atoms with van der Waals surface area (Å²) < 4.78 is 11.6. The Morgan fingerprint density at radius 3 is 2.14 bits per heavy atom. The highest BCUT2D eigenvalue weighted by atomic mass is 16.5. The van der Waals surface area contributed by atoms with Gasteiger partial charge in [-0.05, 0) is 68.1 Å². The van der Waals surface area contributed by atoms with Gasteiger partial charge in [0, 0.05) is 0 Å². The third-order valence-electron chi connectivity index (χ3n) is 3.83. The lowest BCUT2D eigenvalue weighted by Crippen LogP contribution is -2.10. The lowest BCUT2D eigenvalue weighted by molar-refractivity contribution is 0.215. The molecular weight excluding hydrogens is 274 g/mol. The predicted octanol–water partition coefficient (Wildman–Crippen LogP) is 3.57. The van der Waals surface area contributed by atoms with E-state index in [0.29, 0.717) is 19.8 Å². The summed E-state index contributed by atoms with van der Waals surface area (Å²) >= 11 is 0. The van der Waals surface area contributed by atoms with Crippen LogP contribution >= 0.6 is 0 Å². The number of rotatable bonds is 7. The van der Waals surface area contributed by atoms with Crippen LogP contribution in [0.25, 0.3) is 0 Å². The Morgan fingerprint density at radius 1 is 0.818 bits per heavy atom. The first-order valence-corrected chi connectivity index (χ1v) is 7.73. The van der Waals surface area contributed by atoms with Crippen LogP contribution in [0.15, 0.2) is 36.4 Å². The van der Waals surface area contributed by atoms with Crippen LogP contribution in [0.5, 0.6) is 11.5 Å². The van der Waals surface area contributed by atoms with Gasteiger partial charge in [0.1, 0.15) is 24.7 Å². The molecule has 22 heavy (non-hydrogen) atoms. The highest BCUT2D eigenvalue weighted by molar-refractivity contribution is 5.44. The molecule has 0 bridgehead atoms. The Kier molecular flexibility index (Phi) is 5.84. The van der Waals surface area contributed by atoms with Crippen LogP contribution in [0.1, 0.15) is 22.3 Å². The van der Waals surface area contributed by atoms with Gasteiger partial charge in [0.25, 0.3) is 0 Å². The van der Waals surface area contributed by atoms with Gasteiger partial charge in [-0.2, -0.15) is 0 Å². The van der Waals surface area contributed by atoms with Gasteiger partial charge in [-0.3, -0.25) is 0 Å². The molecule has 0 unspecified atom stereocenters. The van der Waals surface area contributed by atoms with Crippen LogP contribution in [-0.2, 0) is 6.42 Å². The Morgan fingerprint density at radius 2 is 1.45 bits per heavy atom. The van der Waals surface area contributed by atoms with Crippen molar-refractivity contribution >= 4 is 0 Å². The normalized spacial score (nSPS) is 10.5. The van der Waals surface area contributed by atoms with Crippen LogP contribution in [-0.4, -0.2) is 19.8 Å². The quantitative estimate of drug-likeness (QED) is 0.795. The number of hydrogen-bond donors (Lipinski definition) is 1. The van der Waals surface area contributed by atoms with Crippen molar-refractivity contribution in [3.8, 4) is 11.5 Å². The molecule has 2 aromatic rings. The van der Waals surface area contributed by atoms with Crippen LogP contribution in [0.3, 0.4) is 0 Å². The van der Waals surface area contributed by atoms with Crippen molar-refractivity contribution < 1.29 is 9.47 Å². The maximum atomic E-state index is 5.89. The summed E-state index contributed by atoms with van der Waals surface area (Å²) in [6.45, 7) is 8.00. The zero-order chi connectivity index (χ0) is 15.9. The Bertz CT molecular complexity index is 606. The van der Waals surface area contributed by atoms with E-state index in [2.05, 4.69) is 45.0 Å². The molecule has 0 heterocycles. The second kappa shape index (κ2) is 7.85. The number of aryl methyl sites for hydroxylation is 2. The monoisotopic (exact) mass is 299 g/mol. The lowest BCUT2D eigenvalue weighted by Gasteiger charge is -2.14. The average Bonchev–Trinajstić information content (AvgIpc) is 2.52. The fraction of sp³-hybridized carbons (Fsp3) is 0.368. The maximum absolute atomic E-state index is 5.89. The van der Waals surface area contributed by atoms with E-state index in [1.165, 1.54) is 16.7 Å². The fourth-order valence-corrected chi connectivity index (χ4v) is 2.37. The van der Waals surface area contributed by atoms with Gasteiger partial charge in [-0.25, -0.2) is 0 Å². The molecule has 2 N–H and O–H groups in total. The summed E-state index contributed by atoms with van der Waals surface area (Å²) in [7, 11) is 0. The van der Waals surface area contributed by atoms with Crippen molar-refractivity contribution in [1.29, 1.82) is 0 Å². The maximum Gasteiger partial charge on any atom is 0.125 e. The van der Waals surface area contributed by atoms with Crippen molar-refractivity contribution in [3.05, 3.63) is 58.7 Å². The molecular formula is C19H25NO2. The number of hydrogen-bond acceptors (Lipinski definition) is 3. The third kappa shape index (κ3) is 4.25. The van der Waals surface area contributed by atoms with Gasteiger partial charge in [0.15, 0.2) is 0 Å². The summed E-state index contributed by atoms with van der Waals surface area (Å²) in [6.07, 6.45) is 0.898. The van der Waals surface area contributed by atoms with Gasteiger partial charge in [-0.15, -0.1) is 0 Å². The van der Waals surface area contributed by atoms with Crippen molar-refractivity contribution in [2.45, 2.75) is 27.2 Å². The zero-order valence-corrected chi connectivity index (χ0v) is 13.7.